The van der Waals surface area contributed by atoms with Crippen molar-refractivity contribution in [3.63, 3.8) is 0 Å². The van der Waals surface area contributed by atoms with Crippen LogP contribution in [0, 0.1) is 0 Å². The normalized spacial score (nSPS) is 17.3. The first kappa shape index (κ1) is 14.1. The van der Waals surface area contributed by atoms with Gasteiger partial charge in [-0.05, 0) is 31.0 Å². The van der Waals surface area contributed by atoms with Crippen molar-refractivity contribution in [3.8, 4) is 5.75 Å². The van der Waals surface area contributed by atoms with Crippen LogP contribution in [0.2, 0.25) is 0 Å². The van der Waals surface area contributed by atoms with Gasteiger partial charge in [-0.1, -0.05) is 19.3 Å². The molecule has 19 heavy (non-hydrogen) atoms. The van der Waals surface area contributed by atoms with Crippen molar-refractivity contribution in [2.24, 2.45) is 0 Å². The topological polar surface area (TPSA) is 81.4 Å². The largest absolute Gasteiger partial charge is 0.495 e. The van der Waals surface area contributed by atoms with Crippen LogP contribution in [0.25, 0.3) is 0 Å². The first-order chi connectivity index (χ1) is 9.03. The number of benzene rings is 1. The maximum Gasteiger partial charge on any atom is 0.240 e. The van der Waals surface area contributed by atoms with Crippen LogP contribution in [-0.2, 0) is 10.0 Å². The van der Waals surface area contributed by atoms with Crippen molar-refractivity contribution < 1.29 is 13.2 Å². The quantitative estimate of drug-likeness (QED) is 0.827. The Morgan fingerprint density at radius 3 is 2.53 bits per heavy atom. The Morgan fingerprint density at radius 1 is 1.26 bits per heavy atom. The Balaban J connectivity index is 2.16. The van der Waals surface area contributed by atoms with Crippen LogP contribution in [0.1, 0.15) is 32.1 Å². The smallest absolute Gasteiger partial charge is 0.240 e. The van der Waals surface area contributed by atoms with E-state index in [-0.39, 0.29) is 10.9 Å². The van der Waals surface area contributed by atoms with E-state index < -0.39 is 10.0 Å². The molecule has 0 aliphatic heterocycles. The predicted octanol–water partition coefficient (Wildman–Crippen LogP) is 1.89. The highest BCUT2D eigenvalue weighted by Crippen LogP contribution is 2.25. The van der Waals surface area contributed by atoms with E-state index in [0.29, 0.717) is 11.4 Å². The van der Waals surface area contributed by atoms with Crippen LogP contribution in [0.5, 0.6) is 5.75 Å². The number of hydrogen-bond donors (Lipinski definition) is 2. The van der Waals surface area contributed by atoms with E-state index in [1.165, 1.54) is 25.7 Å². The Morgan fingerprint density at radius 2 is 1.95 bits per heavy atom. The summed E-state index contributed by atoms with van der Waals surface area (Å²) in [4.78, 5) is 0.191. The van der Waals surface area contributed by atoms with E-state index in [4.69, 9.17) is 10.5 Å². The fourth-order valence-corrected chi connectivity index (χ4v) is 3.73. The van der Waals surface area contributed by atoms with Crippen molar-refractivity contribution in [2.75, 3.05) is 12.8 Å². The number of sulfonamides is 1. The van der Waals surface area contributed by atoms with Crippen molar-refractivity contribution in [2.45, 2.75) is 43.0 Å². The zero-order chi connectivity index (χ0) is 13.9. The Kier molecular flexibility index (Phi) is 4.31. The summed E-state index contributed by atoms with van der Waals surface area (Å²) in [5, 5.41) is 0. The summed E-state index contributed by atoms with van der Waals surface area (Å²) in [7, 11) is -1.99. The molecule has 1 fully saturated rings. The van der Waals surface area contributed by atoms with Gasteiger partial charge in [-0.25, -0.2) is 13.1 Å². The highest BCUT2D eigenvalue weighted by molar-refractivity contribution is 7.89. The van der Waals surface area contributed by atoms with Crippen molar-refractivity contribution in [3.05, 3.63) is 18.2 Å². The summed E-state index contributed by atoms with van der Waals surface area (Å²) in [5.41, 5.74) is 6.07. The lowest BCUT2D eigenvalue weighted by atomic mass is 9.96. The summed E-state index contributed by atoms with van der Waals surface area (Å²) < 4.78 is 32.3. The molecular weight excluding hydrogens is 264 g/mol. The highest BCUT2D eigenvalue weighted by atomic mass is 32.2. The van der Waals surface area contributed by atoms with Gasteiger partial charge in [-0.2, -0.15) is 0 Å². The molecule has 1 aromatic carbocycles. The number of hydrogen-bond acceptors (Lipinski definition) is 4. The maximum atomic E-state index is 12.2. The van der Waals surface area contributed by atoms with Gasteiger partial charge >= 0.3 is 0 Å². The number of methoxy groups -OCH3 is 1. The minimum atomic E-state index is -3.49. The maximum absolute atomic E-state index is 12.2. The van der Waals surface area contributed by atoms with E-state index >= 15 is 0 Å². The molecule has 6 heteroatoms. The number of rotatable bonds is 4. The molecule has 1 aromatic rings. The lowest BCUT2D eigenvalue weighted by Gasteiger charge is -2.22. The molecule has 106 valence electrons. The van der Waals surface area contributed by atoms with Crippen molar-refractivity contribution >= 4 is 15.7 Å². The zero-order valence-electron chi connectivity index (χ0n) is 11.1. The van der Waals surface area contributed by atoms with E-state index in [1.54, 1.807) is 6.07 Å². The van der Waals surface area contributed by atoms with Crippen LogP contribution < -0.4 is 15.2 Å². The zero-order valence-corrected chi connectivity index (χ0v) is 11.9. The first-order valence-corrected chi connectivity index (χ1v) is 7.97. The summed E-state index contributed by atoms with van der Waals surface area (Å²) >= 11 is 0. The second-order valence-corrected chi connectivity index (χ2v) is 6.57. The van der Waals surface area contributed by atoms with Crippen molar-refractivity contribution in [1.82, 2.24) is 4.72 Å². The van der Waals surface area contributed by atoms with Gasteiger partial charge in [-0.15, -0.1) is 0 Å². The minimum Gasteiger partial charge on any atom is -0.495 e. The van der Waals surface area contributed by atoms with Gasteiger partial charge in [0.1, 0.15) is 5.75 Å². The van der Waals surface area contributed by atoms with Gasteiger partial charge in [0, 0.05) is 6.04 Å². The van der Waals surface area contributed by atoms with E-state index in [2.05, 4.69) is 4.72 Å². The summed E-state index contributed by atoms with van der Waals surface area (Å²) in [5.74, 6) is 0.483. The highest BCUT2D eigenvalue weighted by Gasteiger charge is 2.22. The van der Waals surface area contributed by atoms with Gasteiger partial charge in [0.25, 0.3) is 0 Å². The Hall–Kier alpha value is -1.27. The number of nitrogen functional groups attached to an aromatic ring is 1. The number of nitrogens with two attached hydrogens (primary N) is 1. The lowest BCUT2D eigenvalue weighted by Crippen LogP contribution is -2.36. The molecule has 2 rings (SSSR count). The third-order valence-corrected chi connectivity index (χ3v) is 4.96. The molecule has 3 N–H and O–H groups in total. The van der Waals surface area contributed by atoms with Gasteiger partial charge in [0.15, 0.2) is 0 Å². The fraction of sp³-hybridized carbons (Fsp3) is 0.538. The summed E-state index contributed by atoms with van der Waals surface area (Å²) in [6.07, 6.45) is 5.17. The van der Waals surface area contributed by atoms with Crippen LogP contribution in [-0.4, -0.2) is 21.6 Å². The number of ether oxygens (including phenoxy) is 1. The number of nitrogens with one attached hydrogen (secondary N) is 1. The molecule has 0 bridgehead atoms. The summed E-state index contributed by atoms with van der Waals surface area (Å²) in [6.45, 7) is 0. The molecule has 1 aliphatic rings. The summed E-state index contributed by atoms with van der Waals surface area (Å²) in [6, 6.07) is 4.57. The predicted molar refractivity (Wildman–Crippen MR) is 74.6 cm³/mol. The second-order valence-electron chi connectivity index (χ2n) is 4.86. The standard InChI is InChI=1S/C13H20N2O3S/c1-18-13-8-7-11(9-12(13)14)19(16,17)15-10-5-3-2-4-6-10/h7-10,15H,2-6,14H2,1H3. The van der Waals surface area contributed by atoms with Gasteiger partial charge in [0.2, 0.25) is 10.0 Å². The SMILES string of the molecule is COc1ccc(S(=O)(=O)NC2CCCCC2)cc1N. The Labute approximate surface area is 114 Å². The second kappa shape index (κ2) is 5.79. The van der Waals surface area contributed by atoms with Gasteiger partial charge in [-0.3, -0.25) is 0 Å². The monoisotopic (exact) mass is 284 g/mol. The van der Waals surface area contributed by atoms with E-state index in [9.17, 15) is 8.42 Å². The van der Waals surface area contributed by atoms with Gasteiger partial charge in [0.05, 0.1) is 17.7 Å². The molecule has 0 amide bonds. The first-order valence-electron chi connectivity index (χ1n) is 6.49. The van der Waals surface area contributed by atoms with Crippen LogP contribution in [0.4, 0.5) is 5.69 Å². The van der Waals surface area contributed by atoms with Gasteiger partial charge < -0.3 is 10.5 Å². The molecule has 0 unspecified atom stereocenters. The average Bonchev–Trinajstić information content (AvgIpc) is 2.39. The molecule has 0 spiro atoms. The lowest BCUT2D eigenvalue weighted by molar-refractivity contribution is 0.411. The third kappa shape index (κ3) is 3.39. The third-order valence-electron chi connectivity index (χ3n) is 3.44. The van der Waals surface area contributed by atoms with Crippen LogP contribution >= 0.6 is 0 Å². The van der Waals surface area contributed by atoms with Crippen LogP contribution in [0.3, 0.4) is 0 Å². The molecule has 0 saturated heterocycles. The molecule has 0 atom stereocenters. The van der Waals surface area contributed by atoms with Crippen LogP contribution in [0.15, 0.2) is 23.1 Å². The molecule has 0 heterocycles. The fourth-order valence-electron chi connectivity index (χ4n) is 2.39. The molecule has 1 saturated carbocycles. The molecule has 0 aromatic heterocycles. The average molecular weight is 284 g/mol. The van der Waals surface area contributed by atoms with Crippen molar-refractivity contribution in [1.29, 1.82) is 0 Å². The number of anilines is 1. The molecular formula is C13H20N2O3S. The Bertz CT molecular complexity index is 537. The molecule has 0 radical (unpaired) electrons. The molecule has 1 aliphatic carbocycles. The van der Waals surface area contributed by atoms with E-state index in [1.807, 2.05) is 0 Å². The van der Waals surface area contributed by atoms with E-state index in [0.717, 1.165) is 25.7 Å². The minimum absolute atomic E-state index is 0.0436. The molecule has 5 nitrogen and oxygen atoms in total.